The molecule has 0 bridgehead atoms. The summed E-state index contributed by atoms with van der Waals surface area (Å²) >= 11 is 0. The number of rotatable bonds is 3. The SMILES string of the molecule is NCCC(=O)Nc1ccncc1. The normalized spacial score (nSPS) is 9.42. The van der Waals surface area contributed by atoms with Gasteiger partial charge in [-0.1, -0.05) is 0 Å². The van der Waals surface area contributed by atoms with E-state index < -0.39 is 0 Å². The molecule has 12 heavy (non-hydrogen) atoms. The molecule has 3 N–H and O–H groups in total. The van der Waals surface area contributed by atoms with Crippen molar-refractivity contribution in [2.75, 3.05) is 11.9 Å². The van der Waals surface area contributed by atoms with E-state index in [0.29, 0.717) is 13.0 Å². The second-order valence-electron chi connectivity index (χ2n) is 2.32. The van der Waals surface area contributed by atoms with Crippen LogP contribution in [0.1, 0.15) is 6.42 Å². The van der Waals surface area contributed by atoms with Crippen molar-refractivity contribution in [2.45, 2.75) is 6.42 Å². The van der Waals surface area contributed by atoms with Gasteiger partial charge in [0.2, 0.25) is 5.91 Å². The van der Waals surface area contributed by atoms with Gasteiger partial charge in [-0.2, -0.15) is 0 Å². The van der Waals surface area contributed by atoms with Crippen molar-refractivity contribution in [1.82, 2.24) is 4.98 Å². The Morgan fingerprint density at radius 2 is 2.17 bits per heavy atom. The maximum absolute atomic E-state index is 11.0. The van der Waals surface area contributed by atoms with E-state index in [0.717, 1.165) is 5.69 Å². The molecule has 0 aliphatic heterocycles. The predicted molar refractivity (Wildman–Crippen MR) is 46.5 cm³/mol. The molecule has 0 aromatic carbocycles. The van der Waals surface area contributed by atoms with Crippen LogP contribution in [-0.4, -0.2) is 17.4 Å². The number of carbonyl (C=O) groups excluding carboxylic acids is 1. The van der Waals surface area contributed by atoms with Crippen molar-refractivity contribution >= 4 is 11.6 Å². The lowest BCUT2D eigenvalue weighted by Gasteiger charge is -2.01. The second kappa shape index (κ2) is 4.46. The first-order chi connectivity index (χ1) is 5.83. The second-order valence-corrected chi connectivity index (χ2v) is 2.32. The summed E-state index contributed by atoms with van der Waals surface area (Å²) in [6, 6.07) is 3.46. The molecule has 1 amide bonds. The number of anilines is 1. The maximum atomic E-state index is 11.0. The van der Waals surface area contributed by atoms with Gasteiger partial charge < -0.3 is 11.1 Å². The molecule has 1 aromatic heterocycles. The lowest BCUT2D eigenvalue weighted by molar-refractivity contribution is -0.116. The van der Waals surface area contributed by atoms with E-state index in [1.165, 1.54) is 0 Å². The predicted octanol–water partition coefficient (Wildman–Crippen LogP) is 0.369. The maximum Gasteiger partial charge on any atom is 0.225 e. The molecule has 1 rings (SSSR count). The minimum absolute atomic E-state index is 0.0660. The van der Waals surface area contributed by atoms with Gasteiger partial charge in [0.25, 0.3) is 0 Å². The quantitative estimate of drug-likeness (QED) is 0.679. The Morgan fingerprint density at radius 1 is 1.50 bits per heavy atom. The molecule has 1 aromatic rings. The number of nitrogens with one attached hydrogen (secondary N) is 1. The van der Waals surface area contributed by atoms with Crippen molar-refractivity contribution < 1.29 is 4.79 Å². The number of amides is 1. The summed E-state index contributed by atoms with van der Waals surface area (Å²) in [6.07, 6.45) is 3.60. The molecule has 4 heteroatoms. The fraction of sp³-hybridized carbons (Fsp3) is 0.250. The molecule has 0 saturated heterocycles. The summed E-state index contributed by atoms with van der Waals surface area (Å²) in [5.74, 6) is -0.0660. The van der Waals surface area contributed by atoms with Crippen LogP contribution in [0.15, 0.2) is 24.5 Å². The third kappa shape index (κ3) is 2.67. The fourth-order valence-corrected chi connectivity index (χ4v) is 0.790. The molecule has 0 atom stereocenters. The Morgan fingerprint density at radius 3 is 2.75 bits per heavy atom. The first-order valence-electron chi connectivity index (χ1n) is 3.73. The third-order valence-electron chi connectivity index (χ3n) is 1.34. The summed E-state index contributed by atoms with van der Waals surface area (Å²) in [4.78, 5) is 14.8. The molecule has 64 valence electrons. The Kier molecular flexibility index (Phi) is 3.22. The highest BCUT2D eigenvalue weighted by Gasteiger charge is 1.98. The molecule has 0 spiro atoms. The molecule has 0 unspecified atom stereocenters. The van der Waals surface area contributed by atoms with Crippen LogP contribution in [0.5, 0.6) is 0 Å². The molecular weight excluding hydrogens is 154 g/mol. The number of nitrogens with two attached hydrogens (primary N) is 1. The van der Waals surface area contributed by atoms with Crippen LogP contribution in [-0.2, 0) is 4.79 Å². The van der Waals surface area contributed by atoms with E-state index in [9.17, 15) is 4.79 Å². The summed E-state index contributed by atoms with van der Waals surface area (Å²) in [6.45, 7) is 0.372. The van der Waals surface area contributed by atoms with E-state index in [-0.39, 0.29) is 5.91 Å². The number of hydrogen-bond donors (Lipinski definition) is 2. The molecule has 1 heterocycles. The monoisotopic (exact) mass is 165 g/mol. The molecule has 0 fully saturated rings. The lowest BCUT2D eigenvalue weighted by Crippen LogP contribution is -2.15. The van der Waals surface area contributed by atoms with E-state index in [2.05, 4.69) is 10.3 Å². The third-order valence-corrected chi connectivity index (χ3v) is 1.34. The summed E-state index contributed by atoms with van der Waals surface area (Å²) < 4.78 is 0. The number of aromatic nitrogens is 1. The van der Waals surface area contributed by atoms with Gasteiger partial charge in [0.15, 0.2) is 0 Å². The highest BCUT2D eigenvalue weighted by Crippen LogP contribution is 2.02. The first kappa shape index (κ1) is 8.67. The van der Waals surface area contributed by atoms with Crippen LogP contribution in [0.4, 0.5) is 5.69 Å². The average Bonchev–Trinajstić information content (AvgIpc) is 2.06. The zero-order valence-electron chi connectivity index (χ0n) is 6.66. The van der Waals surface area contributed by atoms with Gasteiger partial charge in [-0.3, -0.25) is 9.78 Å². The number of nitrogens with zero attached hydrogens (tertiary/aromatic N) is 1. The van der Waals surface area contributed by atoms with Crippen LogP contribution in [0.25, 0.3) is 0 Å². The van der Waals surface area contributed by atoms with E-state index in [1.807, 2.05) is 0 Å². The van der Waals surface area contributed by atoms with Crippen molar-refractivity contribution in [3.8, 4) is 0 Å². The number of pyridine rings is 1. The standard InChI is InChI=1S/C8H11N3O/c9-4-1-8(12)11-7-2-5-10-6-3-7/h2-3,5-6H,1,4,9H2,(H,10,11,12). The Balaban J connectivity index is 2.47. The highest BCUT2D eigenvalue weighted by atomic mass is 16.1. The Hall–Kier alpha value is -1.42. The van der Waals surface area contributed by atoms with Crippen LogP contribution in [0, 0.1) is 0 Å². The lowest BCUT2D eigenvalue weighted by atomic mass is 10.3. The van der Waals surface area contributed by atoms with Gasteiger partial charge in [-0.15, -0.1) is 0 Å². The summed E-state index contributed by atoms with van der Waals surface area (Å²) in [7, 11) is 0. The van der Waals surface area contributed by atoms with Gasteiger partial charge in [0.05, 0.1) is 0 Å². The van der Waals surface area contributed by atoms with Crippen LogP contribution in [0.2, 0.25) is 0 Å². The highest BCUT2D eigenvalue weighted by molar-refractivity contribution is 5.90. The number of carbonyl (C=O) groups is 1. The van der Waals surface area contributed by atoms with Gasteiger partial charge in [-0.25, -0.2) is 0 Å². The fourth-order valence-electron chi connectivity index (χ4n) is 0.790. The van der Waals surface area contributed by atoms with E-state index in [1.54, 1.807) is 24.5 Å². The molecule has 0 saturated carbocycles. The van der Waals surface area contributed by atoms with Gasteiger partial charge in [0.1, 0.15) is 0 Å². The smallest absolute Gasteiger partial charge is 0.225 e. The van der Waals surface area contributed by atoms with Crippen LogP contribution >= 0.6 is 0 Å². The molecule has 4 nitrogen and oxygen atoms in total. The van der Waals surface area contributed by atoms with Gasteiger partial charge in [0, 0.05) is 31.0 Å². The number of hydrogen-bond acceptors (Lipinski definition) is 3. The van der Waals surface area contributed by atoms with Crippen molar-refractivity contribution in [3.05, 3.63) is 24.5 Å². The molecule has 0 aliphatic rings. The van der Waals surface area contributed by atoms with Gasteiger partial charge in [-0.05, 0) is 12.1 Å². The zero-order chi connectivity index (χ0) is 8.81. The van der Waals surface area contributed by atoms with Crippen molar-refractivity contribution in [3.63, 3.8) is 0 Å². The van der Waals surface area contributed by atoms with Crippen LogP contribution in [0.3, 0.4) is 0 Å². The largest absolute Gasteiger partial charge is 0.330 e. The van der Waals surface area contributed by atoms with Crippen LogP contribution < -0.4 is 11.1 Å². The zero-order valence-corrected chi connectivity index (χ0v) is 6.66. The molecule has 0 radical (unpaired) electrons. The summed E-state index contributed by atoms with van der Waals surface area (Å²) in [5, 5.41) is 2.68. The van der Waals surface area contributed by atoms with E-state index in [4.69, 9.17) is 5.73 Å². The summed E-state index contributed by atoms with van der Waals surface area (Å²) in [5.41, 5.74) is 5.96. The Labute approximate surface area is 70.8 Å². The first-order valence-corrected chi connectivity index (χ1v) is 3.73. The molecule has 0 aliphatic carbocycles. The van der Waals surface area contributed by atoms with Crippen molar-refractivity contribution in [2.24, 2.45) is 5.73 Å². The Bertz CT molecular complexity index is 248. The minimum Gasteiger partial charge on any atom is -0.330 e. The topological polar surface area (TPSA) is 68.0 Å². The van der Waals surface area contributed by atoms with Crippen molar-refractivity contribution in [1.29, 1.82) is 0 Å². The minimum atomic E-state index is -0.0660. The average molecular weight is 165 g/mol. The van der Waals surface area contributed by atoms with Gasteiger partial charge >= 0.3 is 0 Å². The van der Waals surface area contributed by atoms with E-state index >= 15 is 0 Å². The molecular formula is C8H11N3O.